The first kappa shape index (κ1) is 18.0. The minimum Gasteiger partial charge on any atom is -0.326 e. The van der Waals surface area contributed by atoms with Gasteiger partial charge >= 0.3 is 6.03 Å². The summed E-state index contributed by atoms with van der Waals surface area (Å²) in [6.45, 7) is 8.56. The van der Waals surface area contributed by atoms with Gasteiger partial charge in [-0.1, -0.05) is 18.2 Å². The standard InChI is InChI=1S/C21H25N3O2/c1-13-5-6-16(4)19(12-13)23-21(26)22-18-7-8-24(20(18)25)17-10-14(2)9-15(3)11-17/h5-6,9-12,18H,7-8H2,1-4H3,(H2,22,23,26)/t18-/m0/s1. The van der Waals surface area contributed by atoms with Crippen LogP contribution in [0.1, 0.15) is 28.7 Å². The van der Waals surface area contributed by atoms with Crippen molar-refractivity contribution >= 4 is 23.3 Å². The van der Waals surface area contributed by atoms with Gasteiger partial charge in [-0.3, -0.25) is 4.79 Å². The van der Waals surface area contributed by atoms with E-state index in [1.165, 1.54) is 0 Å². The average molecular weight is 351 g/mol. The van der Waals surface area contributed by atoms with Gasteiger partial charge in [0.05, 0.1) is 0 Å². The third kappa shape index (κ3) is 3.87. The molecular formula is C21H25N3O2. The maximum Gasteiger partial charge on any atom is 0.319 e. The van der Waals surface area contributed by atoms with Gasteiger partial charge in [0.15, 0.2) is 0 Å². The van der Waals surface area contributed by atoms with E-state index in [0.29, 0.717) is 13.0 Å². The molecule has 0 spiro atoms. The van der Waals surface area contributed by atoms with Gasteiger partial charge in [-0.05, 0) is 74.6 Å². The van der Waals surface area contributed by atoms with E-state index in [2.05, 4.69) is 16.7 Å². The number of nitrogens with one attached hydrogen (secondary N) is 2. The second-order valence-corrected chi connectivity index (χ2v) is 7.09. The van der Waals surface area contributed by atoms with Crippen LogP contribution in [-0.2, 0) is 4.79 Å². The van der Waals surface area contributed by atoms with Gasteiger partial charge in [-0.25, -0.2) is 4.79 Å². The minimum absolute atomic E-state index is 0.0638. The van der Waals surface area contributed by atoms with Crippen LogP contribution in [-0.4, -0.2) is 24.5 Å². The van der Waals surface area contributed by atoms with Crippen molar-refractivity contribution in [3.05, 3.63) is 58.7 Å². The fraction of sp³-hybridized carbons (Fsp3) is 0.333. The highest BCUT2D eigenvalue weighted by Crippen LogP contribution is 2.24. The van der Waals surface area contributed by atoms with Crippen molar-refractivity contribution in [2.24, 2.45) is 0 Å². The zero-order valence-corrected chi connectivity index (χ0v) is 15.7. The predicted molar refractivity (Wildman–Crippen MR) is 105 cm³/mol. The Labute approximate surface area is 154 Å². The van der Waals surface area contributed by atoms with Crippen LogP contribution in [0, 0.1) is 27.7 Å². The first-order chi connectivity index (χ1) is 12.3. The molecule has 1 aliphatic rings. The highest BCUT2D eigenvalue weighted by molar-refractivity contribution is 6.02. The molecule has 1 atom stereocenters. The lowest BCUT2D eigenvalue weighted by atomic mass is 10.1. The van der Waals surface area contributed by atoms with Crippen LogP contribution < -0.4 is 15.5 Å². The van der Waals surface area contributed by atoms with Crippen LogP contribution >= 0.6 is 0 Å². The SMILES string of the molecule is Cc1cc(C)cc(N2CC[C@H](NC(=O)Nc3cc(C)ccc3C)C2=O)c1. The summed E-state index contributed by atoms with van der Waals surface area (Å²) >= 11 is 0. The smallest absolute Gasteiger partial charge is 0.319 e. The molecule has 3 amide bonds. The van der Waals surface area contributed by atoms with Crippen molar-refractivity contribution in [2.45, 2.75) is 40.2 Å². The third-order valence-corrected chi connectivity index (χ3v) is 4.67. The first-order valence-corrected chi connectivity index (χ1v) is 8.88. The zero-order valence-electron chi connectivity index (χ0n) is 15.7. The van der Waals surface area contributed by atoms with Crippen molar-refractivity contribution in [3.63, 3.8) is 0 Å². The van der Waals surface area contributed by atoms with Gasteiger partial charge in [0.2, 0.25) is 5.91 Å². The number of carbonyl (C=O) groups excluding carboxylic acids is 2. The van der Waals surface area contributed by atoms with E-state index >= 15 is 0 Å². The van der Waals surface area contributed by atoms with Crippen molar-refractivity contribution < 1.29 is 9.59 Å². The molecule has 1 saturated heterocycles. The van der Waals surface area contributed by atoms with Crippen LogP contribution in [0.2, 0.25) is 0 Å². The number of nitrogens with zero attached hydrogens (tertiary/aromatic N) is 1. The van der Waals surface area contributed by atoms with E-state index in [1.807, 2.05) is 58.0 Å². The monoisotopic (exact) mass is 351 g/mol. The van der Waals surface area contributed by atoms with Gasteiger partial charge in [-0.15, -0.1) is 0 Å². The maximum atomic E-state index is 12.7. The molecule has 1 heterocycles. The Kier molecular flexibility index (Phi) is 4.98. The molecule has 0 radical (unpaired) electrons. The summed E-state index contributed by atoms with van der Waals surface area (Å²) in [5.74, 6) is -0.0638. The number of benzene rings is 2. The number of urea groups is 1. The van der Waals surface area contributed by atoms with E-state index in [4.69, 9.17) is 0 Å². The lowest BCUT2D eigenvalue weighted by Crippen LogP contribution is -2.43. The van der Waals surface area contributed by atoms with Gasteiger partial charge in [-0.2, -0.15) is 0 Å². The molecule has 2 aromatic carbocycles. The van der Waals surface area contributed by atoms with Crippen molar-refractivity contribution in [1.29, 1.82) is 0 Å². The minimum atomic E-state index is -0.499. The maximum absolute atomic E-state index is 12.7. The average Bonchev–Trinajstić information content (AvgIpc) is 2.91. The normalized spacial score (nSPS) is 16.7. The van der Waals surface area contributed by atoms with E-state index in [-0.39, 0.29) is 11.9 Å². The summed E-state index contributed by atoms with van der Waals surface area (Å²) in [5, 5.41) is 5.66. The molecule has 0 bridgehead atoms. The highest BCUT2D eigenvalue weighted by Gasteiger charge is 2.33. The van der Waals surface area contributed by atoms with Crippen LogP contribution in [0.25, 0.3) is 0 Å². The van der Waals surface area contributed by atoms with Crippen LogP contribution in [0.3, 0.4) is 0 Å². The lowest BCUT2D eigenvalue weighted by molar-refractivity contribution is -0.118. The number of hydrogen-bond acceptors (Lipinski definition) is 2. The molecule has 5 heteroatoms. The number of aryl methyl sites for hydroxylation is 4. The number of amides is 3. The molecule has 0 aromatic heterocycles. The lowest BCUT2D eigenvalue weighted by Gasteiger charge is -2.19. The Morgan fingerprint density at radius 1 is 1.00 bits per heavy atom. The number of rotatable bonds is 3. The predicted octanol–water partition coefficient (Wildman–Crippen LogP) is 3.85. The first-order valence-electron chi connectivity index (χ1n) is 8.88. The molecule has 0 unspecified atom stereocenters. The van der Waals surface area contributed by atoms with E-state index in [0.717, 1.165) is 33.6 Å². The summed E-state index contributed by atoms with van der Waals surface area (Å²) in [7, 11) is 0. The fourth-order valence-electron chi connectivity index (χ4n) is 3.36. The highest BCUT2D eigenvalue weighted by atomic mass is 16.2. The summed E-state index contributed by atoms with van der Waals surface area (Å²) in [6.07, 6.45) is 0.603. The number of hydrogen-bond donors (Lipinski definition) is 2. The Bertz CT molecular complexity index is 840. The van der Waals surface area contributed by atoms with E-state index < -0.39 is 6.04 Å². The van der Waals surface area contributed by atoms with Gasteiger partial charge in [0, 0.05) is 17.9 Å². The topological polar surface area (TPSA) is 61.4 Å². The second-order valence-electron chi connectivity index (χ2n) is 7.09. The van der Waals surface area contributed by atoms with Gasteiger partial charge < -0.3 is 15.5 Å². The molecule has 26 heavy (non-hydrogen) atoms. The van der Waals surface area contributed by atoms with Crippen molar-refractivity contribution in [2.75, 3.05) is 16.8 Å². The molecule has 5 nitrogen and oxygen atoms in total. The second kappa shape index (κ2) is 7.20. The van der Waals surface area contributed by atoms with E-state index in [1.54, 1.807) is 4.90 Å². The van der Waals surface area contributed by atoms with Crippen LogP contribution in [0.5, 0.6) is 0 Å². The molecule has 0 saturated carbocycles. The summed E-state index contributed by atoms with van der Waals surface area (Å²) < 4.78 is 0. The molecule has 0 aliphatic carbocycles. The fourth-order valence-corrected chi connectivity index (χ4v) is 3.36. The molecular weight excluding hydrogens is 326 g/mol. The summed E-state index contributed by atoms with van der Waals surface area (Å²) in [6, 6.07) is 11.1. The number of carbonyl (C=O) groups is 2. The van der Waals surface area contributed by atoms with Crippen molar-refractivity contribution in [3.8, 4) is 0 Å². The molecule has 3 rings (SSSR count). The zero-order chi connectivity index (χ0) is 18.8. The summed E-state index contributed by atoms with van der Waals surface area (Å²) in [5.41, 5.74) is 5.96. The van der Waals surface area contributed by atoms with Crippen molar-refractivity contribution in [1.82, 2.24) is 5.32 Å². The van der Waals surface area contributed by atoms with Gasteiger partial charge in [0.25, 0.3) is 0 Å². The number of anilines is 2. The Morgan fingerprint density at radius 3 is 2.38 bits per heavy atom. The Hall–Kier alpha value is -2.82. The van der Waals surface area contributed by atoms with Crippen LogP contribution in [0.4, 0.5) is 16.2 Å². The third-order valence-electron chi connectivity index (χ3n) is 4.67. The molecule has 136 valence electrons. The molecule has 2 N–H and O–H groups in total. The molecule has 2 aromatic rings. The van der Waals surface area contributed by atoms with Gasteiger partial charge in [0.1, 0.15) is 6.04 Å². The van der Waals surface area contributed by atoms with Crippen LogP contribution in [0.15, 0.2) is 36.4 Å². The Morgan fingerprint density at radius 2 is 1.69 bits per heavy atom. The molecule has 1 aliphatic heterocycles. The largest absolute Gasteiger partial charge is 0.326 e. The quantitative estimate of drug-likeness (QED) is 0.882. The molecule has 1 fully saturated rings. The van der Waals surface area contributed by atoms with E-state index in [9.17, 15) is 9.59 Å². The Balaban J connectivity index is 1.67. The summed E-state index contributed by atoms with van der Waals surface area (Å²) in [4.78, 5) is 26.8.